The first-order valence-electron chi connectivity index (χ1n) is 7.31. The van der Waals surface area contributed by atoms with E-state index in [1.807, 2.05) is 38.1 Å². The number of hydrogen-bond donors (Lipinski definition) is 3. The van der Waals surface area contributed by atoms with Crippen molar-refractivity contribution in [2.45, 2.75) is 38.8 Å². The zero-order valence-electron chi connectivity index (χ0n) is 13.3. The minimum absolute atomic E-state index is 0.246. The molecule has 0 heterocycles. The lowest BCUT2D eigenvalue weighted by atomic mass is 10.0. The van der Waals surface area contributed by atoms with Gasteiger partial charge in [-0.25, -0.2) is 0 Å². The molecule has 2 amide bonds. The van der Waals surface area contributed by atoms with Crippen molar-refractivity contribution in [2.24, 2.45) is 17.4 Å². The van der Waals surface area contributed by atoms with Crippen molar-refractivity contribution in [1.29, 1.82) is 0 Å². The Balaban J connectivity index is 2.61. The molecule has 122 valence electrons. The highest BCUT2D eigenvalue weighted by Gasteiger charge is 2.22. The van der Waals surface area contributed by atoms with Gasteiger partial charge >= 0.3 is 0 Å². The summed E-state index contributed by atoms with van der Waals surface area (Å²) in [6, 6.07) is 5.91. The topological polar surface area (TPSA) is 107 Å². The molecule has 0 bridgehead atoms. The van der Waals surface area contributed by atoms with Crippen molar-refractivity contribution in [3.63, 3.8) is 0 Å². The molecular formula is C16H25N3O3. The number of carbonyl (C=O) groups excluding carboxylic acids is 2. The fourth-order valence-electron chi connectivity index (χ4n) is 2.10. The van der Waals surface area contributed by atoms with Crippen LogP contribution in [0.2, 0.25) is 0 Å². The number of nitrogens with one attached hydrogen (secondary N) is 1. The summed E-state index contributed by atoms with van der Waals surface area (Å²) in [5, 5.41) is 2.63. The van der Waals surface area contributed by atoms with Crippen molar-refractivity contribution in [2.75, 3.05) is 7.11 Å². The molecule has 0 radical (unpaired) electrons. The molecular weight excluding hydrogens is 282 g/mol. The number of hydrogen-bond acceptors (Lipinski definition) is 4. The van der Waals surface area contributed by atoms with Crippen molar-refractivity contribution >= 4 is 11.8 Å². The number of ether oxygens (including phenoxy) is 1. The van der Waals surface area contributed by atoms with Gasteiger partial charge in [0.05, 0.1) is 13.2 Å². The van der Waals surface area contributed by atoms with Gasteiger partial charge in [-0.1, -0.05) is 26.0 Å². The first kappa shape index (κ1) is 18.0. The van der Waals surface area contributed by atoms with E-state index in [2.05, 4.69) is 5.32 Å². The van der Waals surface area contributed by atoms with Crippen LogP contribution in [0.1, 0.15) is 25.8 Å². The first-order chi connectivity index (χ1) is 10.3. The highest BCUT2D eigenvalue weighted by Crippen LogP contribution is 2.12. The number of carbonyl (C=O) groups is 2. The van der Waals surface area contributed by atoms with E-state index in [4.69, 9.17) is 16.2 Å². The Morgan fingerprint density at radius 2 is 1.82 bits per heavy atom. The molecule has 2 atom stereocenters. The average Bonchev–Trinajstić information content (AvgIpc) is 2.46. The SMILES string of the molecule is COc1ccc(C[C@@H](N)C(=O)N[C@@H](CC(C)C)C(N)=O)cc1. The van der Waals surface area contributed by atoms with Crippen LogP contribution in [0.5, 0.6) is 5.75 Å². The molecule has 0 fully saturated rings. The molecule has 0 aliphatic carbocycles. The maximum atomic E-state index is 12.1. The molecule has 5 N–H and O–H groups in total. The largest absolute Gasteiger partial charge is 0.497 e. The summed E-state index contributed by atoms with van der Waals surface area (Å²) in [5.74, 6) is 0.0714. The third kappa shape index (κ3) is 5.73. The van der Waals surface area contributed by atoms with Crippen LogP contribution in [0.4, 0.5) is 0 Å². The summed E-state index contributed by atoms with van der Waals surface area (Å²) in [4.78, 5) is 23.5. The number of amides is 2. The minimum atomic E-state index is -0.734. The van der Waals surface area contributed by atoms with E-state index in [1.165, 1.54) is 0 Å². The lowest BCUT2D eigenvalue weighted by molar-refractivity contribution is -0.128. The molecule has 0 saturated carbocycles. The molecule has 1 rings (SSSR count). The molecule has 0 aromatic heterocycles. The van der Waals surface area contributed by atoms with Gasteiger partial charge < -0.3 is 21.5 Å². The summed E-state index contributed by atoms with van der Waals surface area (Å²) < 4.78 is 5.08. The van der Waals surface area contributed by atoms with Crippen LogP contribution in [-0.2, 0) is 16.0 Å². The van der Waals surface area contributed by atoms with E-state index in [1.54, 1.807) is 7.11 Å². The second-order valence-electron chi connectivity index (χ2n) is 5.75. The Morgan fingerprint density at radius 3 is 2.27 bits per heavy atom. The monoisotopic (exact) mass is 307 g/mol. The van der Waals surface area contributed by atoms with Gasteiger partial charge in [-0.2, -0.15) is 0 Å². The van der Waals surface area contributed by atoms with Crippen LogP contribution >= 0.6 is 0 Å². The molecule has 0 aliphatic heterocycles. The van der Waals surface area contributed by atoms with Gasteiger partial charge in [0.25, 0.3) is 0 Å². The maximum Gasteiger partial charge on any atom is 0.240 e. The lowest BCUT2D eigenvalue weighted by Crippen LogP contribution is -2.51. The van der Waals surface area contributed by atoms with Crippen LogP contribution in [0, 0.1) is 5.92 Å². The van der Waals surface area contributed by atoms with E-state index in [0.717, 1.165) is 11.3 Å². The smallest absolute Gasteiger partial charge is 0.240 e. The van der Waals surface area contributed by atoms with Gasteiger partial charge in [0.1, 0.15) is 11.8 Å². The number of rotatable bonds is 8. The Bertz CT molecular complexity index is 500. The summed E-state index contributed by atoms with van der Waals surface area (Å²) in [6.45, 7) is 3.92. The quantitative estimate of drug-likeness (QED) is 0.653. The van der Waals surface area contributed by atoms with Gasteiger partial charge in [0.15, 0.2) is 0 Å². The van der Waals surface area contributed by atoms with Gasteiger partial charge in [0.2, 0.25) is 11.8 Å². The first-order valence-corrected chi connectivity index (χ1v) is 7.31. The zero-order chi connectivity index (χ0) is 16.7. The van der Waals surface area contributed by atoms with Crippen LogP contribution < -0.4 is 21.5 Å². The maximum absolute atomic E-state index is 12.1. The Labute approximate surface area is 131 Å². The van der Waals surface area contributed by atoms with E-state index >= 15 is 0 Å². The third-order valence-electron chi connectivity index (χ3n) is 3.32. The molecule has 1 aromatic carbocycles. The highest BCUT2D eigenvalue weighted by molar-refractivity contribution is 5.89. The van der Waals surface area contributed by atoms with Crippen LogP contribution in [0.15, 0.2) is 24.3 Å². The molecule has 0 unspecified atom stereocenters. The van der Waals surface area contributed by atoms with Crippen molar-refractivity contribution in [3.8, 4) is 5.75 Å². The van der Waals surface area contributed by atoms with E-state index < -0.39 is 18.0 Å². The minimum Gasteiger partial charge on any atom is -0.497 e. The van der Waals surface area contributed by atoms with Gasteiger partial charge in [-0.3, -0.25) is 9.59 Å². The molecule has 0 aliphatic rings. The summed E-state index contributed by atoms with van der Waals surface area (Å²) in [6.07, 6.45) is 0.874. The molecule has 6 nitrogen and oxygen atoms in total. The number of nitrogens with two attached hydrogens (primary N) is 2. The molecule has 6 heteroatoms. The number of methoxy groups -OCH3 is 1. The van der Waals surface area contributed by atoms with Crippen LogP contribution in [-0.4, -0.2) is 31.0 Å². The van der Waals surface area contributed by atoms with Crippen LogP contribution in [0.25, 0.3) is 0 Å². The molecule has 1 aromatic rings. The summed E-state index contributed by atoms with van der Waals surface area (Å²) in [5.41, 5.74) is 12.1. The second kappa shape index (κ2) is 8.38. The van der Waals surface area contributed by atoms with Gasteiger partial charge in [0, 0.05) is 0 Å². The van der Waals surface area contributed by atoms with E-state index in [-0.39, 0.29) is 11.8 Å². The summed E-state index contributed by atoms with van der Waals surface area (Å²) in [7, 11) is 1.59. The van der Waals surface area contributed by atoms with Crippen LogP contribution in [0.3, 0.4) is 0 Å². The number of benzene rings is 1. The predicted octanol–water partition coefficient (Wildman–Crippen LogP) is 0.581. The summed E-state index contributed by atoms with van der Waals surface area (Å²) >= 11 is 0. The third-order valence-corrected chi connectivity index (χ3v) is 3.32. The predicted molar refractivity (Wildman–Crippen MR) is 85.3 cm³/mol. The van der Waals surface area contributed by atoms with Crippen molar-refractivity contribution in [1.82, 2.24) is 5.32 Å². The standard InChI is InChI=1S/C16H25N3O3/c1-10(2)8-14(15(18)20)19-16(21)13(17)9-11-4-6-12(22-3)7-5-11/h4-7,10,13-14H,8-9,17H2,1-3H3,(H2,18,20)(H,19,21)/t13-,14+/m1/s1. The molecule has 0 saturated heterocycles. The second-order valence-corrected chi connectivity index (χ2v) is 5.75. The van der Waals surface area contributed by atoms with E-state index in [0.29, 0.717) is 12.8 Å². The van der Waals surface area contributed by atoms with Crippen molar-refractivity contribution in [3.05, 3.63) is 29.8 Å². The van der Waals surface area contributed by atoms with Gasteiger partial charge in [-0.15, -0.1) is 0 Å². The highest BCUT2D eigenvalue weighted by atomic mass is 16.5. The average molecular weight is 307 g/mol. The zero-order valence-corrected chi connectivity index (χ0v) is 13.3. The van der Waals surface area contributed by atoms with Crippen molar-refractivity contribution < 1.29 is 14.3 Å². The fourth-order valence-corrected chi connectivity index (χ4v) is 2.10. The normalized spacial score (nSPS) is 13.5. The number of primary amides is 1. The fraction of sp³-hybridized carbons (Fsp3) is 0.500. The van der Waals surface area contributed by atoms with Gasteiger partial charge in [-0.05, 0) is 36.5 Å². The molecule has 22 heavy (non-hydrogen) atoms. The Morgan fingerprint density at radius 1 is 1.23 bits per heavy atom. The van der Waals surface area contributed by atoms with E-state index in [9.17, 15) is 9.59 Å². The Hall–Kier alpha value is -2.08. The Kier molecular flexibility index (Phi) is 6.85. The lowest BCUT2D eigenvalue weighted by Gasteiger charge is -2.20. The molecule has 0 spiro atoms.